The summed E-state index contributed by atoms with van der Waals surface area (Å²) in [5, 5.41) is 12.9. The van der Waals surface area contributed by atoms with Crippen LogP contribution < -0.4 is 5.32 Å². The van der Waals surface area contributed by atoms with E-state index >= 15 is 0 Å². The molecule has 0 amide bonds. The summed E-state index contributed by atoms with van der Waals surface area (Å²) in [5.74, 6) is 3.32. The van der Waals surface area contributed by atoms with Gasteiger partial charge in [0, 0.05) is 6.04 Å². The Labute approximate surface area is 116 Å². The number of hydrogen-bond acceptors (Lipinski definition) is 2. The van der Waals surface area contributed by atoms with Gasteiger partial charge in [0.2, 0.25) is 0 Å². The van der Waals surface area contributed by atoms with Gasteiger partial charge in [0.1, 0.15) is 6.04 Å². The summed E-state index contributed by atoms with van der Waals surface area (Å²) in [6.45, 7) is 4.21. The Kier molecular flexibility index (Phi) is 3.59. The number of rotatable bonds is 5. The molecule has 3 nitrogen and oxygen atoms in total. The van der Waals surface area contributed by atoms with Crippen molar-refractivity contribution in [3.63, 3.8) is 0 Å². The van der Waals surface area contributed by atoms with Crippen molar-refractivity contribution in [3.05, 3.63) is 0 Å². The van der Waals surface area contributed by atoms with E-state index in [-0.39, 0.29) is 6.04 Å². The second kappa shape index (κ2) is 5.08. The number of aliphatic carboxylic acids is 1. The maximum Gasteiger partial charge on any atom is 0.320 e. The van der Waals surface area contributed by atoms with Gasteiger partial charge >= 0.3 is 5.97 Å². The third-order valence-electron chi connectivity index (χ3n) is 5.85. The van der Waals surface area contributed by atoms with Gasteiger partial charge in [-0.25, -0.2) is 0 Å². The smallest absolute Gasteiger partial charge is 0.320 e. The summed E-state index contributed by atoms with van der Waals surface area (Å²) >= 11 is 0. The first kappa shape index (κ1) is 13.4. The average molecular weight is 265 g/mol. The molecule has 0 heterocycles. The van der Waals surface area contributed by atoms with Gasteiger partial charge in [0.05, 0.1) is 0 Å². The van der Waals surface area contributed by atoms with Gasteiger partial charge in [-0.2, -0.15) is 0 Å². The van der Waals surface area contributed by atoms with Gasteiger partial charge in [0.15, 0.2) is 0 Å². The maximum absolute atomic E-state index is 11.4. The van der Waals surface area contributed by atoms with E-state index in [9.17, 15) is 9.90 Å². The minimum absolute atomic E-state index is 0.343. The molecule has 6 unspecified atom stereocenters. The first-order valence-corrected chi connectivity index (χ1v) is 8.05. The Hall–Kier alpha value is -0.570. The molecular formula is C16H27NO2. The van der Waals surface area contributed by atoms with Crippen molar-refractivity contribution in [1.29, 1.82) is 0 Å². The molecule has 3 saturated carbocycles. The van der Waals surface area contributed by atoms with Crippen LogP contribution >= 0.6 is 0 Å². The third kappa shape index (κ3) is 2.42. The first-order valence-electron chi connectivity index (χ1n) is 8.05. The highest BCUT2D eigenvalue weighted by Gasteiger charge is 2.54. The molecule has 6 atom stereocenters. The summed E-state index contributed by atoms with van der Waals surface area (Å²) in [5.41, 5.74) is 0. The molecule has 3 heteroatoms. The quantitative estimate of drug-likeness (QED) is 0.803. The fourth-order valence-corrected chi connectivity index (χ4v) is 5.23. The predicted molar refractivity (Wildman–Crippen MR) is 74.8 cm³/mol. The normalized spacial score (nSPS) is 41.7. The zero-order valence-corrected chi connectivity index (χ0v) is 12.1. The van der Waals surface area contributed by atoms with Crippen LogP contribution in [0.1, 0.15) is 52.4 Å². The van der Waals surface area contributed by atoms with Crippen LogP contribution in [0.5, 0.6) is 0 Å². The summed E-state index contributed by atoms with van der Waals surface area (Å²) in [7, 11) is 0. The fourth-order valence-electron chi connectivity index (χ4n) is 5.23. The standard InChI is InChI=1S/C16H27NO2/c1-9(2)6-15(16(18)19)17-14-8-10-7-13(14)12-5-3-4-11(10)12/h9-15,17H,3-8H2,1-2H3,(H,18,19). The number of carboxylic acid groups (broad SMARTS) is 1. The van der Waals surface area contributed by atoms with Gasteiger partial charge in [-0.3, -0.25) is 4.79 Å². The van der Waals surface area contributed by atoms with Crippen molar-refractivity contribution in [2.75, 3.05) is 0 Å². The molecule has 0 aromatic rings. The van der Waals surface area contributed by atoms with Crippen LogP contribution in [0.25, 0.3) is 0 Å². The highest BCUT2D eigenvalue weighted by Crippen LogP contribution is 2.58. The summed E-state index contributed by atoms with van der Waals surface area (Å²) in [6, 6.07) is 0.133. The van der Waals surface area contributed by atoms with Crippen LogP contribution in [0.4, 0.5) is 0 Å². The Balaban J connectivity index is 1.63. The zero-order valence-electron chi connectivity index (χ0n) is 12.1. The summed E-state index contributed by atoms with van der Waals surface area (Å²) in [4.78, 5) is 11.4. The van der Waals surface area contributed by atoms with Gasteiger partial charge in [-0.15, -0.1) is 0 Å². The van der Waals surface area contributed by atoms with E-state index in [0.717, 1.165) is 30.1 Å². The molecule has 108 valence electrons. The SMILES string of the molecule is CC(C)CC(NC1CC2CC1C1CCCC21)C(=O)O. The van der Waals surface area contributed by atoms with Crippen molar-refractivity contribution in [1.82, 2.24) is 5.32 Å². The van der Waals surface area contributed by atoms with Crippen molar-refractivity contribution >= 4 is 5.97 Å². The third-order valence-corrected chi connectivity index (χ3v) is 5.85. The molecule has 3 rings (SSSR count). The Morgan fingerprint density at radius 2 is 1.95 bits per heavy atom. The molecule has 0 radical (unpaired) electrons. The van der Waals surface area contributed by atoms with Crippen molar-refractivity contribution in [2.45, 2.75) is 64.5 Å². The van der Waals surface area contributed by atoms with Crippen molar-refractivity contribution in [3.8, 4) is 0 Å². The van der Waals surface area contributed by atoms with Crippen LogP contribution in [0.3, 0.4) is 0 Å². The molecule has 0 spiro atoms. The first-order chi connectivity index (χ1) is 9.06. The van der Waals surface area contributed by atoms with E-state index in [1.807, 2.05) is 0 Å². The number of carbonyl (C=O) groups is 1. The molecule has 2 bridgehead atoms. The molecule has 3 fully saturated rings. The largest absolute Gasteiger partial charge is 0.480 e. The number of nitrogens with one attached hydrogen (secondary N) is 1. The molecular weight excluding hydrogens is 238 g/mol. The number of hydrogen-bond donors (Lipinski definition) is 2. The van der Waals surface area contributed by atoms with Crippen molar-refractivity contribution < 1.29 is 9.90 Å². The van der Waals surface area contributed by atoms with Gasteiger partial charge in [-0.1, -0.05) is 20.3 Å². The van der Waals surface area contributed by atoms with E-state index in [1.165, 1.54) is 32.1 Å². The molecule has 0 aromatic heterocycles. The molecule has 0 aliphatic heterocycles. The monoisotopic (exact) mass is 265 g/mol. The highest BCUT2D eigenvalue weighted by molar-refractivity contribution is 5.73. The number of carboxylic acids is 1. The lowest BCUT2D eigenvalue weighted by Gasteiger charge is -2.34. The Morgan fingerprint density at radius 1 is 1.21 bits per heavy atom. The molecule has 0 saturated heterocycles. The van der Waals surface area contributed by atoms with Crippen LogP contribution in [-0.4, -0.2) is 23.2 Å². The van der Waals surface area contributed by atoms with Gasteiger partial charge in [-0.05, 0) is 61.7 Å². The average Bonchev–Trinajstić information content (AvgIpc) is 2.98. The number of fused-ring (bicyclic) bond motifs is 5. The van der Waals surface area contributed by atoms with E-state index in [2.05, 4.69) is 19.2 Å². The lowest BCUT2D eigenvalue weighted by Crippen LogP contribution is -2.48. The predicted octanol–water partition coefficient (Wildman–Crippen LogP) is 2.90. The topological polar surface area (TPSA) is 49.3 Å². The highest BCUT2D eigenvalue weighted by atomic mass is 16.4. The van der Waals surface area contributed by atoms with Crippen LogP contribution in [0.2, 0.25) is 0 Å². The Morgan fingerprint density at radius 3 is 2.63 bits per heavy atom. The minimum atomic E-state index is -0.667. The molecule has 0 aromatic carbocycles. The van der Waals surface area contributed by atoms with Gasteiger partial charge in [0.25, 0.3) is 0 Å². The van der Waals surface area contributed by atoms with E-state index in [0.29, 0.717) is 12.0 Å². The van der Waals surface area contributed by atoms with E-state index < -0.39 is 5.97 Å². The van der Waals surface area contributed by atoms with Gasteiger partial charge < -0.3 is 10.4 Å². The molecule has 2 N–H and O–H groups in total. The van der Waals surface area contributed by atoms with Crippen LogP contribution in [0, 0.1) is 29.6 Å². The fraction of sp³-hybridized carbons (Fsp3) is 0.938. The van der Waals surface area contributed by atoms with Crippen LogP contribution in [0.15, 0.2) is 0 Å². The summed E-state index contributed by atoms with van der Waals surface area (Å²) in [6.07, 6.45) is 7.58. The maximum atomic E-state index is 11.4. The summed E-state index contributed by atoms with van der Waals surface area (Å²) < 4.78 is 0. The zero-order chi connectivity index (χ0) is 13.6. The second-order valence-corrected chi connectivity index (χ2v) is 7.45. The van der Waals surface area contributed by atoms with Crippen molar-refractivity contribution in [2.24, 2.45) is 29.6 Å². The lowest BCUT2D eigenvalue weighted by atomic mass is 9.79. The molecule has 3 aliphatic rings. The van der Waals surface area contributed by atoms with E-state index in [1.54, 1.807) is 0 Å². The van der Waals surface area contributed by atoms with Crippen LogP contribution in [-0.2, 0) is 4.79 Å². The minimum Gasteiger partial charge on any atom is -0.480 e. The lowest BCUT2D eigenvalue weighted by molar-refractivity contribution is -0.140. The van der Waals surface area contributed by atoms with E-state index in [4.69, 9.17) is 0 Å². The second-order valence-electron chi connectivity index (χ2n) is 7.45. The molecule has 19 heavy (non-hydrogen) atoms. The molecule has 3 aliphatic carbocycles. The Bertz CT molecular complexity index is 355.